The van der Waals surface area contributed by atoms with Gasteiger partial charge in [-0.05, 0) is 42.0 Å². The molecule has 0 saturated heterocycles. The molecule has 1 aromatic carbocycles. The van der Waals surface area contributed by atoms with Crippen LogP contribution in [0.1, 0.15) is 0 Å². The molecule has 0 fully saturated rings. The van der Waals surface area contributed by atoms with Crippen molar-refractivity contribution in [3.63, 3.8) is 0 Å². The van der Waals surface area contributed by atoms with Gasteiger partial charge in [-0.25, -0.2) is 18.1 Å². The van der Waals surface area contributed by atoms with Crippen LogP contribution in [0, 0.1) is 0 Å². The third-order valence-corrected chi connectivity index (χ3v) is 4.89. The number of sulfonamides is 1. The maximum atomic E-state index is 11.5. The monoisotopic (exact) mass is 350 g/mol. The van der Waals surface area contributed by atoms with E-state index in [1.165, 1.54) is 12.1 Å². The molecule has 124 valence electrons. The normalized spacial score (nSPS) is 11.7. The van der Waals surface area contributed by atoms with E-state index < -0.39 is 10.0 Å². The van der Waals surface area contributed by atoms with Crippen molar-refractivity contribution in [3.05, 3.63) is 73.2 Å². The largest absolute Gasteiger partial charge is 0.265 e. The Kier molecular flexibility index (Phi) is 3.60. The molecule has 0 radical (unpaired) electrons. The van der Waals surface area contributed by atoms with Gasteiger partial charge in [-0.15, -0.1) is 0 Å². The Morgan fingerprint density at radius 3 is 2.28 bits per heavy atom. The number of primary sulfonamides is 1. The smallest absolute Gasteiger partial charge is 0.238 e. The standard InChI is InChI=1S/C18H14N4O2S/c19-25(23,24)15-6-4-13(5-7-15)17-16-3-1-2-12-22(16)21-18(17)14-8-10-20-11-9-14/h1-12H,(H2,19,23,24). The van der Waals surface area contributed by atoms with E-state index in [0.29, 0.717) is 0 Å². The summed E-state index contributed by atoms with van der Waals surface area (Å²) in [5, 5.41) is 9.86. The first-order valence-electron chi connectivity index (χ1n) is 7.55. The van der Waals surface area contributed by atoms with E-state index in [-0.39, 0.29) is 4.90 Å². The lowest BCUT2D eigenvalue weighted by Gasteiger charge is -2.05. The fourth-order valence-corrected chi connectivity index (χ4v) is 3.32. The molecule has 3 heterocycles. The molecule has 0 aliphatic carbocycles. The van der Waals surface area contributed by atoms with Crippen molar-refractivity contribution in [2.24, 2.45) is 5.14 Å². The van der Waals surface area contributed by atoms with Gasteiger partial charge in [0.25, 0.3) is 0 Å². The van der Waals surface area contributed by atoms with Gasteiger partial charge >= 0.3 is 0 Å². The number of aromatic nitrogens is 3. The second kappa shape index (κ2) is 5.80. The average molecular weight is 350 g/mol. The molecule has 0 spiro atoms. The van der Waals surface area contributed by atoms with E-state index in [2.05, 4.69) is 10.1 Å². The van der Waals surface area contributed by atoms with Crippen LogP contribution >= 0.6 is 0 Å². The molecule has 0 saturated carbocycles. The highest BCUT2D eigenvalue weighted by Gasteiger charge is 2.17. The van der Waals surface area contributed by atoms with E-state index in [9.17, 15) is 8.42 Å². The number of nitrogens with zero attached hydrogens (tertiary/aromatic N) is 3. The van der Waals surface area contributed by atoms with Gasteiger partial charge in [-0.2, -0.15) is 5.10 Å². The zero-order valence-electron chi connectivity index (χ0n) is 13.1. The molecule has 0 bridgehead atoms. The van der Waals surface area contributed by atoms with E-state index in [1.807, 2.05) is 36.5 Å². The highest BCUT2D eigenvalue weighted by atomic mass is 32.2. The molecule has 0 unspecified atom stereocenters. The topological polar surface area (TPSA) is 90.4 Å². The number of hydrogen-bond donors (Lipinski definition) is 1. The molecule has 0 amide bonds. The molecule has 3 aromatic heterocycles. The Hall–Kier alpha value is -3.03. The van der Waals surface area contributed by atoms with Crippen molar-refractivity contribution in [3.8, 4) is 22.4 Å². The summed E-state index contributed by atoms with van der Waals surface area (Å²) < 4.78 is 24.8. The summed E-state index contributed by atoms with van der Waals surface area (Å²) in [5.74, 6) is 0. The summed E-state index contributed by atoms with van der Waals surface area (Å²) in [6.07, 6.45) is 5.31. The predicted molar refractivity (Wildman–Crippen MR) is 95.2 cm³/mol. The van der Waals surface area contributed by atoms with E-state index >= 15 is 0 Å². The predicted octanol–water partition coefficient (Wildman–Crippen LogP) is 2.71. The van der Waals surface area contributed by atoms with Gasteiger partial charge in [0, 0.05) is 29.7 Å². The van der Waals surface area contributed by atoms with Crippen LogP contribution in [0.3, 0.4) is 0 Å². The van der Waals surface area contributed by atoms with Crippen molar-refractivity contribution in [1.82, 2.24) is 14.6 Å². The minimum absolute atomic E-state index is 0.0817. The molecule has 0 aliphatic rings. The van der Waals surface area contributed by atoms with Crippen LogP contribution in [0.2, 0.25) is 0 Å². The van der Waals surface area contributed by atoms with Crippen LogP contribution in [0.15, 0.2) is 78.1 Å². The SMILES string of the molecule is NS(=O)(=O)c1ccc(-c2c(-c3ccncc3)nn3ccccc23)cc1. The lowest BCUT2D eigenvalue weighted by atomic mass is 10.0. The highest BCUT2D eigenvalue weighted by Crippen LogP contribution is 2.35. The zero-order chi connectivity index (χ0) is 17.4. The molecule has 7 heteroatoms. The molecular weight excluding hydrogens is 336 g/mol. The van der Waals surface area contributed by atoms with Crippen LogP contribution in [0.25, 0.3) is 27.9 Å². The van der Waals surface area contributed by atoms with E-state index in [1.54, 1.807) is 29.0 Å². The highest BCUT2D eigenvalue weighted by molar-refractivity contribution is 7.89. The summed E-state index contributed by atoms with van der Waals surface area (Å²) in [6, 6.07) is 16.1. The lowest BCUT2D eigenvalue weighted by molar-refractivity contribution is 0.598. The number of nitrogens with two attached hydrogens (primary N) is 1. The number of rotatable bonds is 3. The van der Waals surface area contributed by atoms with Crippen LogP contribution in [-0.4, -0.2) is 23.0 Å². The van der Waals surface area contributed by atoms with Gasteiger partial charge in [0.1, 0.15) is 5.69 Å². The average Bonchev–Trinajstić information content (AvgIpc) is 3.01. The van der Waals surface area contributed by atoms with Gasteiger partial charge < -0.3 is 0 Å². The number of benzene rings is 1. The van der Waals surface area contributed by atoms with Crippen molar-refractivity contribution >= 4 is 15.5 Å². The Balaban J connectivity index is 1.97. The van der Waals surface area contributed by atoms with Crippen molar-refractivity contribution < 1.29 is 8.42 Å². The molecule has 6 nitrogen and oxygen atoms in total. The van der Waals surface area contributed by atoms with Crippen LogP contribution in [-0.2, 0) is 10.0 Å². The molecule has 0 atom stereocenters. The Bertz CT molecular complexity index is 1150. The Morgan fingerprint density at radius 1 is 0.880 bits per heavy atom. The fourth-order valence-electron chi connectivity index (χ4n) is 2.81. The summed E-state index contributed by atoms with van der Waals surface area (Å²) >= 11 is 0. The van der Waals surface area contributed by atoms with Crippen LogP contribution in [0.5, 0.6) is 0 Å². The van der Waals surface area contributed by atoms with Crippen LogP contribution < -0.4 is 5.14 Å². The van der Waals surface area contributed by atoms with E-state index in [0.717, 1.165) is 27.9 Å². The zero-order valence-corrected chi connectivity index (χ0v) is 13.9. The molecule has 25 heavy (non-hydrogen) atoms. The Morgan fingerprint density at radius 2 is 1.60 bits per heavy atom. The third-order valence-electron chi connectivity index (χ3n) is 3.97. The molecule has 0 aliphatic heterocycles. The maximum Gasteiger partial charge on any atom is 0.238 e. The van der Waals surface area contributed by atoms with Crippen molar-refractivity contribution in [2.75, 3.05) is 0 Å². The van der Waals surface area contributed by atoms with Gasteiger partial charge in [0.05, 0.1) is 10.4 Å². The minimum atomic E-state index is -3.72. The van der Waals surface area contributed by atoms with Gasteiger partial charge in [-0.3, -0.25) is 4.98 Å². The number of fused-ring (bicyclic) bond motifs is 1. The molecular formula is C18H14N4O2S. The lowest BCUT2D eigenvalue weighted by Crippen LogP contribution is -2.11. The van der Waals surface area contributed by atoms with Gasteiger partial charge in [0.2, 0.25) is 10.0 Å². The summed E-state index contributed by atoms with van der Waals surface area (Å²) in [6.45, 7) is 0. The van der Waals surface area contributed by atoms with Crippen molar-refractivity contribution in [1.29, 1.82) is 0 Å². The quantitative estimate of drug-likeness (QED) is 0.615. The second-order valence-corrected chi connectivity index (χ2v) is 7.12. The first-order chi connectivity index (χ1) is 12.0. The summed E-state index contributed by atoms with van der Waals surface area (Å²) in [5.41, 5.74) is 4.45. The number of hydrogen-bond acceptors (Lipinski definition) is 4. The second-order valence-electron chi connectivity index (χ2n) is 5.56. The number of pyridine rings is 2. The van der Waals surface area contributed by atoms with E-state index in [4.69, 9.17) is 5.14 Å². The Labute approximate surface area is 144 Å². The molecule has 2 N–H and O–H groups in total. The summed E-state index contributed by atoms with van der Waals surface area (Å²) in [4.78, 5) is 4.13. The minimum Gasteiger partial charge on any atom is -0.265 e. The van der Waals surface area contributed by atoms with Crippen LogP contribution in [0.4, 0.5) is 0 Å². The molecule has 4 rings (SSSR count). The fraction of sp³-hybridized carbons (Fsp3) is 0. The maximum absolute atomic E-state index is 11.5. The van der Waals surface area contributed by atoms with Gasteiger partial charge in [0.15, 0.2) is 0 Å². The van der Waals surface area contributed by atoms with Crippen molar-refractivity contribution in [2.45, 2.75) is 4.90 Å². The molecule has 4 aromatic rings. The first-order valence-corrected chi connectivity index (χ1v) is 9.10. The first kappa shape index (κ1) is 15.5. The van der Waals surface area contributed by atoms with Gasteiger partial charge in [-0.1, -0.05) is 18.2 Å². The third kappa shape index (κ3) is 2.79. The summed E-state index contributed by atoms with van der Waals surface area (Å²) in [7, 11) is -3.72.